The summed E-state index contributed by atoms with van der Waals surface area (Å²) in [7, 11) is 1.27. The first-order valence-corrected chi connectivity index (χ1v) is 11.8. The van der Waals surface area contributed by atoms with Crippen molar-refractivity contribution in [2.45, 2.75) is 45.9 Å². The summed E-state index contributed by atoms with van der Waals surface area (Å²) in [5.74, 6) is 0.0103. The molecule has 4 rings (SSSR count). The maximum Gasteiger partial charge on any atom is 0.336 e. The molecule has 1 atom stereocenters. The van der Waals surface area contributed by atoms with E-state index < -0.39 is 12.1 Å². The zero-order valence-electron chi connectivity index (χ0n) is 18.9. The largest absolute Gasteiger partial charge is 0.489 e. The van der Waals surface area contributed by atoms with Crippen molar-refractivity contribution in [1.82, 2.24) is 24.9 Å². The lowest BCUT2D eigenvalue weighted by Gasteiger charge is -2.27. The Balaban J connectivity index is 1.53. The number of aromatic nitrogens is 4. The third-order valence-electron chi connectivity index (χ3n) is 5.41. The Morgan fingerprint density at radius 3 is 2.82 bits per heavy atom. The first-order valence-electron chi connectivity index (χ1n) is 10.6. The van der Waals surface area contributed by atoms with E-state index in [2.05, 4.69) is 14.9 Å². The monoisotopic (exact) mass is 491 g/mol. The maximum atomic E-state index is 11.5. The van der Waals surface area contributed by atoms with Gasteiger partial charge in [-0.3, -0.25) is 4.90 Å². The lowest BCUT2D eigenvalue weighted by atomic mass is 10.1. The van der Waals surface area contributed by atoms with Gasteiger partial charge in [-0.25, -0.2) is 9.48 Å². The number of nitrogens with zero attached hydrogens (tertiary/aromatic N) is 5. The summed E-state index contributed by atoms with van der Waals surface area (Å²) in [6.07, 6.45) is -0.410. The zero-order chi connectivity index (χ0) is 23.7. The number of rotatable bonds is 7. The summed E-state index contributed by atoms with van der Waals surface area (Å²) in [6, 6.07) is 5.59. The number of hydrogen-bond acceptors (Lipinski definition) is 9. The summed E-state index contributed by atoms with van der Waals surface area (Å²) in [4.78, 5) is 13.6. The van der Waals surface area contributed by atoms with Gasteiger partial charge in [-0.15, -0.1) is 10.2 Å². The van der Waals surface area contributed by atoms with Gasteiger partial charge < -0.3 is 14.6 Å². The molecule has 9 nitrogen and oxygen atoms in total. The number of fused-ring (bicyclic) bond motifs is 1. The van der Waals surface area contributed by atoms with E-state index in [0.29, 0.717) is 29.0 Å². The molecule has 0 spiro atoms. The van der Waals surface area contributed by atoms with Crippen LogP contribution in [0.3, 0.4) is 0 Å². The smallest absolute Gasteiger partial charge is 0.336 e. The van der Waals surface area contributed by atoms with Crippen LogP contribution in [0.15, 0.2) is 18.2 Å². The minimum Gasteiger partial charge on any atom is -0.489 e. The van der Waals surface area contributed by atoms with E-state index >= 15 is 0 Å². The number of esters is 1. The molecule has 0 radical (unpaired) electrons. The molecule has 0 fully saturated rings. The van der Waals surface area contributed by atoms with Crippen molar-refractivity contribution >= 4 is 28.9 Å². The minimum absolute atomic E-state index is 0.0370. The number of β-amino-alcohol motifs (C(OH)–C–C–N with tert-alkyl or cyclic N) is 1. The van der Waals surface area contributed by atoms with Crippen molar-refractivity contribution in [2.24, 2.45) is 0 Å². The van der Waals surface area contributed by atoms with Crippen LogP contribution < -0.4 is 4.74 Å². The normalized spacial score (nSPS) is 14.9. The van der Waals surface area contributed by atoms with Crippen molar-refractivity contribution in [2.75, 3.05) is 20.2 Å². The van der Waals surface area contributed by atoms with Gasteiger partial charge in [0.15, 0.2) is 6.10 Å². The van der Waals surface area contributed by atoms with E-state index in [4.69, 9.17) is 21.4 Å². The van der Waals surface area contributed by atoms with E-state index in [0.717, 1.165) is 33.9 Å². The van der Waals surface area contributed by atoms with E-state index in [-0.39, 0.29) is 12.6 Å². The number of hydrogen-bond donors (Lipinski definition) is 1. The van der Waals surface area contributed by atoms with Gasteiger partial charge in [-0.1, -0.05) is 22.9 Å². The van der Waals surface area contributed by atoms with Gasteiger partial charge in [0.1, 0.15) is 10.8 Å². The Bertz CT molecular complexity index is 1160. The predicted octanol–water partition coefficient (Wildman–Crippen LogP) is 3.03. The van der Waals surface area contributed by atoms with Crippen LogP contribution in [0.25, 0.3) is 15.7 Å². The fraction of sp³-hybridized carbons (Fsp3) is 0.455. The summed E-state index contributed by atoms with van der Waals surface area (Å²) >= 11 is 7.81. The molecular formula is C22H26ClN5O4S. The highest BCUT2D eigenvalue weighted by atomic mass is 35.5. The second-order valence-electron chi connectivity index (χ2n) is 8.15. The van der Waals surface area contributed by atoms with Crippen molar-refractivity contribution < 1.29 is 19.4 Å². The summed E-state index contributed by atoms with van der Waals surface area (Å²) in [6.45, 7) is 7.40. The van der Waals surface area contributed by atoms with E-state index in [1.807, 2.05) is 48.6 Å². The molecule has 1 aromatic carbocycles. The van der Waals surface area contributed by atoms with Crippen LogP contribution in [0.2, 0.25) is 5.02 Å². The molecule has 3 aromatic rings. The maximum absolute atomic E-state index is 11.5. The standard InChI is InChI=1S/C22H26ClN5O4S/c1-12(2)32-19-6-5-14(9-16(19)23)20-24-25-22(33-20)28-13(3)15-10-27(8-7-17(15)26-28)11-18(29)21(30)31-4/h5-6,9,12,18,29H,7-8,10-11H2,1-4H3. The quantitative estimate of drug-likeness (QED) is 0.503. The summed E-state index contributed by atoms with van der Waals surface area (Å²) in [5.41, 5.74) is 3.89. The third-order valence-corrected chi connectivity index (χ3v) is 6.65. The molecule has 176 valence electrons. The molecule has 1 aliphatic rings. The van der Waals surface area contributed by atoms with Gasteiger partial charge in [0, 0.05) is 42.9 Å². The third kappa shape index (κ3) is 5.03. The Hall–Kier alpha value is -2.53. The molecule has 2 aromatic heterocycles. The van der Waals surface area contributed by atoms with Gasteiger partial charge in [0.25, 0.3) is 0 Å². The molecule has 1 aliphatic heterocycles. The number of ether oxygens (including phenoxy) is 2. The molecule has 0 saturated carbocycles. The number of benzene rings is 1. The first kappa shape index (κ1) is 23.6. The van der Waals surface area contributed by atoms with Crippen LogP contribution in [0, 0.1) is 6.92 Å². The Labute approximate surface area is 200 Å². The van der Waals surface area contributed by atoms with Gasteiger partial charge >= 0.3 is 5.97 Å². The molecule has 33 heavy (non-hydrogen) atoms. The molecule has 1 N–H and O–H groups in total. The topological polar surface area (TPSA) is 103 Å². The first-order chi connectivity index (χ1) is 15.8. The average molecular weight is 492 g/mol. The van der Waals surface area contributed by atoms with Crippen LogP contribution in [-0.2, 0) is 22.5 Å². The number of carbonyl (C=O) groups is 1. The molecular weight excluding hydrogens is 466 g/mol. The van der Waals surface area contributed by atoms with Gasteiger partial charge in [0.05, 0.1) is 23.9 Å². The van der Waals surface area contributed by atoms with Crippen molar-refractivity contribution in [3.05, 3.63) is 40.2 Å². The van der Waals surface area contributed by atoms with Crippen molar-refractivity contribution in [3.63, 3.8) is 0 Å². The molecule has 1 unspecified atom stereocenters. The lowest BCUT2D eigenvalue weighted by molar-refractivity contribution is -0.151. The van der Waals surface area contributed by atoms with Crippen molar-refractivity contribution in [1.29, 1.82) is 0 Å². The van der Waals surface area contributed by atoms with Crippen molar-refractivity contribution in [3.8, 4) is 21.5 Å². The Morgan fingerprint density at radius 1 is 1.33 bits per heavy atom. The molecule has 0 aliphatic carbocycles. The number of methoxy groups -OCH3 is 1. The molecule has 11 heteroatoms. The average Bonchev–Trinajstić information content (AvgIpc) is 3.39. The van der Waals surface area contributed by atoms with Crippen LogP contribution in [-0.4, -0.2) is 68.4 Å². The SMILES string of the molecule is COC(=O)C(O)CN1CCc2nn(-c3nnc(-c4ccc(OC(C)C)c(Cl)c4)s3)c(C)c2C1. The number of carbonyl (C=O) groups excluding carboxylic acids is 1. The lowest BCUT2D eigenvalue weighted by Crippen LogP contribution is -2.40. The number of halogens is 1. The number of aliphatic hydroxyl groups excluding tert-OH is 1. The summed E-state index contributed by atoms with van der Waals surface area (Å²) < 4.78 is 12.1. The summed E-state index contributed by atoms with van der Waals surface area (Å²) in [5, 5.41) is 25.4. The second-order valence-corrected chi connectivity index (χ2v) is 9.51. The van der Waals surface area contributed by atoms with Crippen LogP contribution in [0.1, 0.15) is 30.8 Å². The Kier molecular flexibility index (Phi) is 6.99. The highest BCUT2D eigenvalue weighted by Crippen LogP contribution is 2.34. The highest BCUT2D eigenvalue weighted by molar-refractivity contribution is 7.17. The minimum atomic E-state index is -1.17. The molecule has 0 bridgehead atoms. The van der Waals surface area contributed by atoms with E-state index in [1.54, 1.807) is 0 Å². The van der Waals surface area contributed by atoms with E-state index in [9.17, 15) is 9.90 Å². The molecule has 3 heterocycles. The Morgan fingerprint density at radius 2 is 2.12 bits per heavy atom. The van der Waals surface area contributed by atoms with Crippen LogP contribution in [0.5, 0.6) is 5.75 Å². The highest BCUT2D eigenvalue weighted by Gasteiger charge is 2.27. The van der Waals surface area contributed by atoms with Crippen LogP contribution in [0.4, 0.5) is 0 Å². The van der Waals surface area contributed by atoms with Crippen LogP contribution >= 0.6 is 22.9 Å². The fourth-order valence-electron chi connectivity index (χ4n) is 3.76. The molecule has 0 amide bonds. The fourth-order valence-corrected chi connectivity index (χ4v) is 4.83. The number of aliphatic hydroxyl groups is 1. The van der Waals surface area contributed by atoms with Gasteiger partial charge in [-0.2, -0.15) is 5.10 Å². The second kappa shape index (κ2) is 9.76. The zero-order valence-corrected chi connectivity index (χ0v) is 20.5. The van der Waals surface area contributed by atoms with E-state index in [1.165, 1.54) is 18.4 Å². The van der Waals surface area contributed by atoms with Gasteiger partial charge in [-0.05, 0) is 39.0 Å². The molecule has 0 saturated heterocycles. The van der Waals surface area contributed by atoms with Gasteiger partial charge in [0.2, 0.25) is 5.13 Å². The predicted molar refractivity (Wildman–Crippen MR) is 125 cm³/mol.